The Balaban J connectivity index is 0.000000286. The van der Waals surface area contributed by atoms with Crippen LogP contribution in [-0.2, 0) is 41.3 Å². The molecule has 5 atom stereocenters. The highest BCUT2D eigenvalue weighted by molar-refractivity contribution is 7.13. The van der Waals surface area contributed by atoms with E-state index >= 15 is 0 Å². The molecule has 51 heavy (non-hydrogen) atoms. The van der Waals surface area contributed by atoms with Gasteiger partial charge in [-0.25, -0.2) is 4.79 Å². The molecule has 0 bridgehead atoms. The Morgan fingerprint density at radius 1 is 0.961 bits per heavy atom. The van der Waals surface area contributed by atoms with Crippen molar-refractivity contribution in [3.05, 3.63) is 55.7 Å². The molecule has 3 aliphatic rings. The van der Waals surface area contributed by atoms with Gasteiger partial charge in [0.1, 0.15) is 11.5 Å². The monoisotopic (exact) mass is 789 g/mol. The molecule has 3 heterocycles. The summed E-state index contributed by atoms with van der Waals surface area (Å²) in [5.74, 6) is -0.295. The molecule has 1 aliphatic carbocycles. The van der Waals surface area contributed by atoms with Gasteiger partial charge in [-0.1, -0.05) is 36.5 Å². The van der Waals surface area contributed by atoms with Crippen molar-refractivity contribution in [2.45, 2.75) is 127 Å². The van der Waals surface area contributed by atoms with E-state index in [1.807, 2.05) is 18.2 Å². The largest absolute Gasteiger partial charge is 0.461 e. The van der Waals surface area contributed by atoms with Gasteiger partial charge in [-0.3, -0.25) is 4.79 Å². The highest BCUT2D eigenvalue weighted by Crippen LogP contribution is 2.33. The zero-order chi connectivity index (χ0) is 36.4. The van der Waals surface area contributed by atoms with Gasteiger partial charge >= 0.3 is 5.97 Å². The predicted octanol–water partition coefficient (Wildman–Crippen LogP) is 8.51. The molecule has 0 radical (unpaired) electrons. The number of aliphatic hydroxyl groups excluding tert-OH is 1. The van der Waals surface area contributed by atoms with Crippen molar-refractivity contribution < 1.29 is 38.4 Å². The average Bonchev–Trinajstić information content (AvgIpc) is 3.73. The van der Waals surface area contributed by atoms with Gasteiger partial charge in [0.25, 0.3) is 0 Å². The summed E-state index contributed by atoms with van der Waals surface area (Å²) in [4.78, 5) is 26.6. The third kappa shape index (κ3) is 16.2. The van der Waals surface area contributed by atoms with Gasteiger partial charge in [-0.15, -0.1) is 22.9 Å². The predicted molar refractivity (Wildman–Crippen MR) is 202 cm³/mol. The molecule has 2 saturated heterocycles. The van der Waals surface area contributed by atoms with Gasteiger partial charge in [-0.05, 0) is 119 Å². The second-order valence-corrected chi connectivity index (χ2v) is 16.1. The number of rotatable bonds is 17. The quantitative estimate of drug-likeness (QED) is 0.121. The molecule has 1 aromatic carbocycles. The van der Waals surface area contributed by atoms with Crippen molar-refractivity contribution >= 4 is 58.0 Å². The third-order valence-corrected chi connectivity index (χ3v) is 11.1. The summed E-state index contributed by atoms with van der Waals surface area (Å²) >= 11 is 19.4. The highest BCUT2D eigenvalue weighted by atomic mass is 35.5. The number of halogens is 3. The number of carbonyl (C=O) groups is 2. The number of esters is 1. The zero-order valence-electron chi connectivity index (χ0n) is 29.6. The maximum absolute atomic E-state index is 12.5. The summed E-state index contributed by atoms with van der Waals surface area (Å²) in [7, 11) is 0. The lowest BCUT2D eigenvalue weighted by Gasteiger charge is -2.28. The Labute approximate surface area is 321 Å². The Morgan fingerprint density at radius 3 is 2.20 bits per heavy atom. The first kappa shape index (κ1) is 42.3. The smallest absolute Gasteiger partial charge is 0.348 e. The molecule has 2 aromatic rings. The minimum atomic E-state index is -0.382. The van der Waals surface area contributed by atoms with Crippen LogP contribution in [0.5, 0.6) is 0 Å². The second kappa shape index (κ2) is 23.3. The fourth-order valence-corrected chi connectivity index (χ4v) is 8.22. The molecule has 13 heteroatoms. The van der Waals surface area contributed by atoms with Crippen LogP contribution in [0.4, 0.5) is 0 Å². The molecule has 1 saturated carbocycles. The van der Waals surface area contributed by atoms with E-state index in [0.29, 0.717) is 53.7 Å². The van der Waals surface area contributed by atoms with Gasteiger partial charge < -0.3 is 34.1 Å². The summed E-state index contributed by atoms with van der Waals surface area (Å²) in [5.41, 5.74) is 1.12. The Hall–Kier alpha value is -1.47. The first-order chi connectivity index (χ1) is 24.7. The van der Waals surface area contributed by atoms with E-state index < -0.39 is 0 Å². The fourth-order valence-electron chi connectivity index (χ4n) is 6.30. The molecule has 2 aliphatic heterocycles. The Bertz CT molecular complexity index is 1280. The van der Waals surface area contributed by atoms with Crippen LogP contribution in [0.1, 0.15) is 104 Å². The molecule has 0 spiro atoms. The van der Waals surface area contributed by atoms with Gasteiger partial charge in [0, 0.05) is 33.5 Å². The number of aliphatic hydroxyl groups is 1. The number of carbonyl (C=O) groups excluding carboxylic acids is 2. The van der Waals surface area contributed by atoms with Crippen LogP contribution in [0.15, 0.2) is 30.3 Å². The fraction of sp³-hybridized carbons (Fsp3) is 0.684. The Morgan fingerprint density at radius 2 is 1.63 bits per heavy atom. The molecular weight excluding hydrogens is 737 g/mol. The molecule has 3 fully saturated rings. The standard InChI is InChI=1S/C25H39NO7S.C13H15Cl3O/c1-2-3-8-20-11-12-21(34-20)25(28)31-16-13-22(27)26-19(17-32-23-9-4-6-14-29-23)18-33-24-10-5-7-15-30-24;14-10-3-8(4-11(15)6-10)1-2-9-5-12(16)7-13(9)17/h11-12,19,23-24H,2-10,13-18H2,1H3,(H,26,27);3-4,6,9,12-13,17H,1-2,5,7H2/t;9-,12+,13-/m.1/s1. The molecule has 1 amide bonds. The summed E-state index contributed by atoms with van der Waals surface area (Å²) < 4.78 is 28.3. The van der Waals surface area contributed by atoms with Gasteiger partial charge in [0.05, 0.1) is 31.8 Å². The zero-order valence-corrected chi connectivity index (χ0v) is 32.7. The maximum Gasteiger partial charge on any atom is 0.348 e. The van der Waals surface area contributed by atoms with Crippen molar-refractivity contribution in [2.24, 2.45) is 5.92 Å². The van der Waals surface area contributed by atoms with Crippen molar-refractivity contribution in [3.8, 4) is 0 Å². The lowest BCUT2D eigenvalue weighted by molar-refractivity contribution is -0.185. The van der Waals surface area contributed by atoms with E-state index in [-0.39, 0.29) is 55.0 Å². The van der Waals surface area contributed by atoms with E-state index in [1.165, 1.54) is 16.2 Å². The number of thiophene rings is 1. The van der Waals surface area contributed by atoms with Crippen LogP contribution in [0.2, 0.25) is 10.0 Å². The topological polar surface area (TPSA) is 113 Å². The number of hydrogen-bond acceptors (Lipinski definition) is 9. The van der Waals surface area contributed by atoms with Crippen molar-refractivity contribution in [1.29, 1.82) is 0 Å². The number of aryl methyl sites for hydroxylation is 2. The number of unbranched alkanes of at least 4 members (excludes halogenated alkanes) is 1. The van der Waals surface area contributed by atoms with Crippen LogP contribution in [-0.4, -0.2) is 80.1 Å². The number of hydrogen-bond donors (Lipinski definition) is 2. The van der Waals surface area contributed by atoms with E-state index in [0.717, 1.165) is 82.6 Å². The number of benzene rings is 1. The molecule has 286 valence electrons. The summed E-state index contributed by atoms with van der Waals surface area (Å²) in [5, 5.41) is 14.2. The lowest BCUT2D eigenvalue weighted by Crippen LogP contribution is -2.44. The molecule has 2 N–H and O–H groups in total. The molecule has 5 rings (SSSR count). The number of nitrogens with one attached hydrogen (secondary N) is 1. The summed E-state index contributed by atoms with van der Waals surface area (Å²) in [6.07, 6.45) is 11.9. The molecular formula is C38H54Cl3NO8S. The molecule has 2 unspecified atom stereocenters. The van der Waals surface area contributed by atoms with Crippen molar-refractivity contribution in [1.82, 2.24) is 5.32 Å². The van der Waals surface area contributed by atoms with Crippen molar-refractivity contribution in [3.63, 3.8) is 0 Å². The second-order valence-electron chi connectivity index (χ2n) is 13.5. The minimum absolute atomic E-state index is 0.0266. The van der Waals surface area contributed by atoms with Crippen LogP contribution in [0.3, 0.4) is 0 Å². The molecule has 9 nitrogen and oxygen atoms in total. The van der Waals surface area contributed by atoms with Gasteiger partial charge in [-0.2, -0.15) is 0 Å². The first-order valence-corrected chi connectivity index (χ1v) is 20.5. The molecule has 1 aromatic heterocycles. The minimum Gasteiger partial charge on any atom is -0.461 e. The Kier molecular flexibility index (Phi) is 19.4. The third-order valence-electron chi connectivity index (χ3n) is 9.14. The maximum atomic E-state index is 12.5. The van der Waals surface area contributed by atoms with Crippen LogP contribution in [0.25, 0.3) is 0 Å². The lowest BCUT2D eigenvalue weighted by atomic mass is 9.96. The number of alkyl halides is 1. The number of amides is 1. The highest BCUT2D eigenvalue weighted by Gasteiger charge is 2.31. The van der Waals surface area contributed by atoms with Crippen molar-refractivity contribution in [2.75, 3.05) is 33.0 Å². The van der Waals surface area contributed by atoms with Crippen LogP contribution < -0.4 is 5.32 Å². The first-order valence-electron chi connectivity index (χ1n) is 18.5. The number of ether oxygens (including phenoxy) is 5. The van der Waals surface area contributed by atoms with Crippen LogP contribution >= 0.6 is 46.1 Å². The van der Waals surface area contributed by atoms with E-state index in [1.54, 1.807) is 12.1 Å². The average molecular weight is 791 g/mol. The van der Waals surface area contributed by atoms with Crippen LogP contribution in [0, 0.1) is 5.92 Å². The summed E-state index contributed by atoms with van der Waals surface area (Å²) in [6, 6.07) is 9.01. The SMILES string of the molecule is CCCCc1ccc(C(=O)OCCC(=O)NC(COC2CCCCO2)COC2CCCCO2)s1.O[C@@H]1C[C@@H](Cl)C[C@H]1CCc1cc(Cl)cc(Cl)c1. The van der Waals surface area contributed by atoms with E-state index in [2.05, 4.69) is 12.2 Å². The van der Waals surface area contributed by atoms with E-state index in [9.17, 15) is 14.7 Å². The van der Waals surface area contributed by atoms with Gasteiger partial charge in [0.2, 0.25) is 5.91 Å². The normalized spacial score (nSPS) is 24.0. The summed E-state index contributed by atoms with van der Waals surface area (Å²) in [6.45, 7) is 4.15. The van der Waals surface area contributed by atoms with E-state index in [4.69, 9.17) is 58.5 Å². The van der Waals surface area contributed by atoms with Gasteiger partial charge in [0.15, 0.2) is 12.6 Å².